The molecule has 0 aliphatic carbocycles. The first kappa shape index (κ1) is 21.5. The summed E-state index contributed by atoms with van der Waals surface area (Å²) in [5.41, 5.74) is 3.13. The van der Waals surface area contributed by atoms with Crippen LogP contribution in [0.1, 0.15) is 18.9 Å². The standard InChI is InChI=1S/C23H27BrClN3O2/c1-16(14-27-9-11-28(12-10-27)18-5-3-2-4-6-18)15-30-23-19(25)13-17-7-8-20(29)26-22(17)21(23)24/h2-6,13,16H,7-12,14-15H2,1H3,(H,26,29). The number of anilines is 2. The zero-order valence-corrected chi connectivity index (χ0v) is 19.5. The molecule has 4 rings (SSSR count). The average molecular weight is 493 g/mol. The second-order valence-electron chi connectivity index (χ2n) is 8.12. The Kier molecular flexibility index (Phi) is 6.86. The van der Waals surface area contributed by atoms with Crippen LogP contribution < -0.4 is 15.0 Å². The molecule has 2 aliphatic rings. The summed E-state index contributed by atoms with van der Waals surface area (Å²) in [7, 11) is 0. The number of piperazine rings is 1. The number of carbonyl (C=O) groups excluding carboxylic acids is 1. The van der Waals surface area contributed by atoms with E-state index < -0.39 is 0 Å². The first-order chi connectivity index (χ1) is 14.5. The lowest BCUT2D eigenvalue weighted by molar-refractivity contribution is -0.116. The van der Waals surface area contributed by atoms with Crippen LogP contribution in [0, 0.1) is 5.92 Å². The van der Waals surface area contributed by atoms with Gasteiger partial charge in [-0.25, -0.2) is 0 Å². The fourth-order valence-electron chi connectivity index (χ4n) is 4.11. The van der Waals surface area contributed by atoms with Gasteiger partial charge in [0.25, 0.3) is 0 Å². The van der Waals surface area contributed by atoms with E-state index in [1.165, 1.54) is 5.69 Å². The van der Waals surface area contributed by atoms with Crippen molar-refractivity contribution in [2.45, 2.75) is 19.8 Å². The van der Waals surface area contributed by atoms with Crippen molar-refractivity contribution in [3.8, 4) is 5.75 Å². The van der Waals surface area contributed by atoms with Gasteiger partial charge in [0.1, 0.15) is 0 Å². The maximum Gasteiger partial charge on any atom is 0.224 e. The van der Waals surface area contributed by atoms with Crippen molar-refractivity contribution >= 4 is 44.8 Å². The van der Waals surface area contributed by atoms with Crippen molar-refractivity contribution < 1.29 is 9.53 Å². The Balaban J connectivity index is 1.30. The summed E-state index contributed by atoms with van der Waals surface area (Å²) in [4.78, 5) is 16.7. The summed E-state index contributed by atoms with van der Waals surface area (Å²) in [6, 6.07) is 12.5. The number of nitrogens with one attached hydrogen (secondary N) is 1. The van der Waals surface area contributed by atoms with Gasteiger partial charge in [-0.1, -0.05) is 36.7 Å². The minimum Gasteiger partial charge on any atom is -0.490 e. The van der Waals surface area contributed by atoms with E-state index in [0.717, 1.165) is 48.4 Å². The van der Waals surface area contributed by atoms with Crippen LogP contribution in [-0.2, 0) is 11.2 Å². The minimum absolute atomic E-state index is 0.0273. The number of fused-ring (bicyclic) bond motifs is 1. The molecule has 5 nitrogen and oxygen atoms in total. The number of nitrogens with zero attached hydrogens (tertiary/aromatic N) is 2. The molecule has 2 aromatic rings. The number of hydrogen-bond acceptors (Lipinski definition) is 4. The second-order valence-corrected chi connectivity index (χ2v) is 9.32. The maximum atomic E-state index is 11.8. The number of halogens is 2. The lowest BCUT2D eigenvalue weighted by atomic mass is 10.0. The zero-order chi connectivity index (χ0) is 21.1. The van der Waals surface area contributed by atoms with Crippen molar-refractivity contribution in [2.75, 3.05) is 49.5 Å². The molecule has 1 saturated heterocycles. The molecule has 160 valence electrons. The van der Waals surface area contributed by atoms with Crippen LogP contribution in [-0.4, -0.2) is 50.1 Å². The molecular formula is C23H27BrClN3O2. The molecule has 0 radical (unpaired) electrons. The quantitative estimate of drug-likeness (QED) is 0.628. The fraction of sp³-hybridized carbons (Fsp3) is 0.435. The number of aryl methyl sites for hydroxylation is 1. The van der Waals surface area contributed by atoms with Gasteiger partial charge < -0.3 is 15.0 Å². The van der Waals surface area contributed by atoms with Crippen LogP contribution in [0.2, 0.25) is 5.02 Å². The Bertz CT molecular complexity index is 901. The predicted octanol–water partition coefficient (Wildman–Crippen LogP) is 4.82. The molecule has 0 aromatic heterocycles. The predicted molar refractivity (Wildman–Crippen MR) is 126 cm³/mol. The van der Waals surface area contributed by atoms with Gasteiger partial charge in [-0.3, -0.25) is 9.69 Å². The monoisotopic (exact) mass is 491 g/mol. The molecule has 2 heterocycles. The summed E-state index contributed by atoms with van der Waals surface area (Å²) in [5.74, 6) is 1.000. The third-order valence-electron chi connectivity index (χ3n) is 5.72. The molecule has 2 aromatic carbocycles. The molecule has 7 heteroatoms. The van der Waals surface area contributed by atoms with Crippen LogP contribution in [0.3, 0.4) is 0 Å². The summed E-state index contributed by atoms with van der Waals surface area (Å²) in [6.07, 6.45) is 1.19. The molecule has 1 unspecified atom stereocenters. The molecule has 1 fully saturated rings. The lowest BCUT2D eigenvalue weighted by Crippen LogP contribution is -2.48. The van der Waals surface area contributed by atoms with E-state index in [0.29, 0.717) is 36.1 Å². The molecule has 0 spiro atoms. The van der Waals surface area contributed by atoms with E-state index in [9.17, 15) is 4.79 Å². The number of amides is 1. The average Bonchev–Trinajstić information content (AvgIpc) is 2.75. The third-order valence-corrected chi connectivity index (χ3v) is 6.76. The van der Waals surface area contributed by atoms with Gasteiger partial charge in [0.2, 0.25) is 5.91 Å². The first-order valence-corrected chi connectivity index (χ1v) is 11.6. The molecule has 0 saturated carbocycles. The first-order valence-electron chi connectivity index (χ1n) is 10.5. The van der Waals surface area contributed by atoms with Crippen molar-refractivity contribution in [3.05, 3.63) is 51.5 Å². The third kappa shape index (κ3) is 4.93. The zero-order valence-electron chi connectivity index (χ0n) is 17.2. The largest absolute Gasteiger partial charge is 0.490 e. The molecular weight excluding hydrogens is 466 g/mol. The number of para-hydroxylation sites is 1. The number of carbonyl (C=O) groups is 1. The molecule has 30 heavy (non-hydrogen) atoms. The molecule has 1 N–H and O–H groups in total. The van der Waals surface area contributed by atoms with Crippen LogP contribution >= 0.6 is 27.5 Å². The van der Waals surface area contributed by atoms with Crippen LogP contribution in [0.5, 0.6) is 5.75 Å². The Morgan fingerprint density at radius 2 is 1.90 bits per heavy atom. The minimum atomic E-state index is 0.0273. The van der Waals surface area contributed by atoms with Gasteiger partial charge in [0.15, 0.2) is 5.75 Å². The van der Waals surface area contributed by atoms with Crippen molar-refractivity contribution in [3.63, 3.8) is 0 Å². The highest BCUT2D eigenvalue weighted by Gasteiger charge is 2.24. The topological polar surface area (TPSA) is 44.8 Å². The van der Waals surface area contributed by atoms with Gasteiger partial charge in [-0.15, -0.1) is 0 Å². The fourth-order valence-corrected chi connectivity index (χ4v) is 5.19. The van der Waals surface area contributed by atoms with Gasteiger partial charge in [-0.05, 0) is 46.1 Å². The van der Waals surface area contributed by atoms with E-state index >= 15 is 0 Å². The maximum absolute atomic E-state index is 11.8. The Hall–Kier alpha value is -1.76. The second kappa shape index (κ2) is 9.58. The number of benzene rings is 2. The van der Waals surface area contributed by atoms with Crippen molar-refractivity contribution in [1.82, 2.24) is 4.90 Å². The van der Waals surface area contributed by atoms with Gasteiger partial charge >= 0.3 is 0 Å². The molecule has 1 atom stereocenters. The Morgan fingerprint density at radius 3 is 2.63 bits per heavy atom. The highest BCUT2D eigenvalue weighted by atomic mass is 79.9. The summed E-state index contributed by atoms with van der Waals surface area (Å²) in [5, 5.41) is 3.51. The number of ether oxygens (including phenoxy) is 1. The molecule has 1 amide bonds. The van der Waals surface area contributed by atoms with Crippen LogP contribution in [0.15, 0.2) is 40.9 Å². The number of hydrogen-bond donors (Lipinski definition) is 1. The molecule has 0 bridgehead atoms. The summed E-state index contributed by atoms with van der Waals surface area (Å²) < 4.78 is 6.83. The van der Waals surface area contributed by atoms with Gasteiger partial charge in [0, 0.05) is 50.7 Å². The Morgan fingerprint density at radius 1 is 1.17 bits per heavy atom. The smallest absolute Gasteiger partial charge is 0.224 e. The normalized spacial score (nSPS) is 18.0. The van der Waals surface area contributed by atoms with E-state index in [-0.39, 0.29) is 5.91 Å². The van der Waals surface area contributed by atoms with Crippen molar-refractivity contribution in [1.29, 1.82) is 0 Å². The van der Waals surface area contributed by atoms with E-state index in [2.05, 4.69) is 68.3 Å². The van der Waals surface area contributed by atoms with E-state index in [4.69, 9.17) is 16.3 Å². The lowest BCUT2D eigenvalue weighted by Gasteiger charge is -2.37. The van der Waals surface area contributed by atoms with Gasteiger partial charge in [-0.2, -0.15) is 0 Å². The highest BCUT2D eigenvalue weighted by molar-refractivity contribution is 9.10. The highest BCUT2D eigenvalue weighted by Crippen LogP contribution is 2.43. The van der Waals surface area contributed by atoms with Gasteiger partial charge in [0.05, 0.1) is 21.8 Å². The van der Waals surface area contributed by atoms with Crippen molar-refractivity contribution in [2.24, 2.45) is 5.92 Å². The Labute approximate surface area is 191 Å². The number of rotatable bonds is 6. The van der Waals surface area contributed by atoms with Crippen LogP contribution in [0.25, 0.3) is 0 Å². The van der Waals surface area contributed by atoms with E-state index in [1.54, 1.807) is 0 Å². The van der Waals surface area contributed by atoms with E-state index in [1.807, 2.05) is 6.07 Å². The molecule has 2 aliphatic heterocycles. The van der Waals surface area contributed by atoms with Crippen LogP contribution in [0.4, 0.5) is 11.4 Å². The SMILES string of the molecule is CC(COc1c(Cl)cc2c(c1Br)NC(=O)CC2)CN1CCN(c2ccccc2)CC1. The summed E-state index contributed by atoms with van der Waals surface area (Å²) in [6.45, 7) is 7.94. The summed E-state index contributed by atoms with van der Waals surface area (Å²) >= 11 is 10.1.